The summed E-state index contributed by atoms with van der Waals surface area (Å²) in [7, 11) is 0. The summed E-state index contributed by atoms with van der Waals surface area (Å²) in [5.74, 6) is -0.325. The van der Waals surface area contributed by atoms with Crippen molar-refractivity contribution in [3.05, 3.63) is 48.1 Å². The van der Waals surface area contributed by atoms with Crippen LogP contribution in [0.3, 0.4) is 0 Å². The highest BCUT2D eigenvalue weighted by Gasteiger charge is 2.50. The van der Waals surface area contributed by atoms with Gasteiger partial charge in [-0.15, -0.1) is 13.2 Å². The van der Waals surface area contributed by atoms with Crippen LogP contribution in [0.15, 0.2) is 48.1 Å². The summed E-state index contributed by atoms with van der Waals surface area (Å²) < 4.78 is 41.2. The summed E-state index contributed by atoms with van der Waals surface area (Å²) in [6.45, 7) is 4.45. The lowest BCUT2D eigenvalue weighted by Crippen LogP contribution is -2.59. The SMILES string of the molecule is CC12CC=CC=C1CCCN2C(=O)N1CCC2(CC1)CCN(c1ccc(OC(F)(F)F)cc1)C2=O. The lowest BCUT2D eigenvalue weighted by atomic mass is 9.76. The van der Waals surface area contributed by atoms with Crippen molar-refractivity contribution < 1.29 is 27.5 Å². The number of alkyl halides is 3. The quantitative estimate of drug-likeness (QED) is 0.569. The normalized spacial score (nSPS) is 26.1. The Morgan fingerprint density at radius 1 is 1.03 bits per heavy atom. The Kier molecular flexibility index (Phi) is 5.84. The molecule has 1 spiro atoms. The second kappa shape index (κ2) is 8.60. The van der Waals surface area contributed by atoms with Crippen LogP contribution in [0.25, 0.3) is 0 Å². The maximum atomic E-state index is 13.5. The van der Waals surface area contributed by atoms with Crippen LogP contribution in [0.4, 0.5) is 23.7 Å². The van der Waals surface area contributed by atoms with E-state index in [4.69, 9.17) is 0 Å². The molecule has 6 nitrogen and oxygen atoms in total. The van der Waals surface area contributed by atoms with Gasteiger partial charge in [0.2, 0.25) is 5.91 Å². The molecule has 1 aromatic carbocycles. The average molecular weight is 490 g/mol. The van der Waals surface area contributed by atoms with Gasteiger partial charge in [0, 0.05) is 31.9 Å². The summed E-state index contributed by atoms with van der Waals surface area (Å²) in [6, 6.07) is 5.47. The van der Waals surface area contributed by atoms with Gasteiger partial charge >= 0.3 is 12.4 Å². The average Bonchev–Trinajstić information content (AvgIpc) is 3.13. The number of ether oxygens (including phenoxy) is 1. The van der Waals surface area contributed by atoms with Crippen molar-refractivity contribution in [2.24, 2.45) is 5.41 Å². The summed E-state index contributed by atoms with van der Waals surface area (Å²) in [6.07, 6.45) is 6.24. The van der Waals surface area contributed by atoms with Gasteiger partial charge in [0.25, 0.3) is 0 Å². The van der Waals surface area contributed by atoms with Crippen LogP contribution in [-0.2, 0) is 4.79 Å². The van der Waals surface area contributed by atoms with E-state index in [1.807, 2.05) is 9.80 Å². The number of likely N-dealkylation sites (tertiary alicyclic amines) is 2. The van der Waals surface area contributed by atoms with E-state index in [0.29, 0.717) is 44.6 Å². The van der Waals surface area contributed by atoms with Gasteiger partial charge in [-0.2, -0.15) is 0 Å². The molecule has 4 aliphatic rings. The number of halogens is 3. The van der Waals surface area contributed by atoms with E-state index in [1.165, 1.54) is 29.8 Å². The van der Waals surface area contributed by atoms with Crippen LogP contribution < -0.4 is 9.64 Å². The first-order valence-electron chi connectivity index (χ1n) is 12.2. The molecule has 3 amide bonds. The van der Waals surface area contributed by atoms with Crippen molar-refractivity contribution in [1.82, 2.24) is 9.80 Å². The molecular formula is C26H30F3N3O3. The van der Waals surface area contributed by atoms with Crippen molar-refractivity contribution in [2.45, 2.75) is 57.3 Å². The zero-order chi connectivity index (χ0) is 24.8. The topological polar surface area (TPSA) is 53.1 Å². The molecule has 0 N–H and O–H groups in total. The molecule has 35 heavy (non-hydrogen) atoms. The van der Waals surface area contributed by atoms with E-state index >= 15 is 0 Å². The van der Waals surface area contributed by atoms with Crippen LogP contribution in [0, 0.1) is 5.41 Å². The number of rotatable bonds is 2. The highest BCUT2D eigenvalue weighted by Crippen LogP contribution is 2.45. The van der Waals surface area contributed by atoms with Crippen LogP contribution in [0.5, 0.6) is 5.75 Å². The number of nitrogens with zero attached hydrogens (tertiary/aromatic N) is 3. The standard InChI is InChI=1S/C26H30F3N3O3/c1-24-11-3-2-5-19(24)6-4-15-32(24)23(34)30-16-12-25(13-17-30)14-18-31(22(25)33)20-7-9-21(10-8-20)35-26(27,28)29/h2-3,5,7-10H,4,6,11-18H2,1H3. The predicted molar refractivity (Wildman–Crippen MR) is 125 cm³/mol. The molecule has 5 rings (SSSR count). The Labute approximate surface area is 203 Å². The first-order chi connectivity index (χ1) is 16.6. The molecule has 0 saturated carbocycles. The van der Waals surface area contributed by atoms with Gasteiger partial charge in [-0.3, -0.25) is 4.79 Å². The molecular weight excluding hydrogens is 459 g/mol. The van der Waals surface area contributed by atoms with E-state index in [9.17, 15) is 22.8 Å². The fourth-order valence-electron chi connectivity index (χ4n) is 6.06. The minimum Gasteiger partial charge on any atom is -0.406 e. The molecule has 1 unspecified atom stereocenters. The summed E-state index contributed by atoms with van der Waals surface area (Å²) in [5.41, 5.74) is 1.07. The minimum absolute atomic E-state index is 0.0124. The Hall–Kier alpha value is -2.97. The number of urea groups is 1. The summed E-state index contributed by atoms with van der Waals surface area (Å²) in [4.78, 5) is 32.5. The number of carbonyl (C=O) groups is 2. The Morgan fingerprint density at radius 2 is 1.71 bits per heavy atom. The molecule has 1 atom stereocenters. The van der Waals surface area contributed by atoms with Gasteiger partial charge in [-0.05, 0) is 75.3 Å². The second-order valence-electron chi connectivity index (χ2n) is 10.2. The number of hydrogen-bond donors (Lipinski definition) is 0. The Bertz CT molecular complexity index is 1060. The number of amides is 3. The molecule has 0 bridgehead atoms. The number of anilines is 1. The van der Waals surface area contributed by atoms with E-state index in [2.05, 4.69) is 29.9 Å². The number of hydrogen-bond acceptors (Lipinski definition) is 3. The number of benzene rings is 1. The van der Waals surface area contributed by atoms with Gasteiger partial charge < -0.3 is 19.4 Å². The molecule has 3 heterocycles. The van der Waals surface area contributed by atoms with E-state index < -0.39 is 11.8 Å². The molecule has 1 aromatic rings. The van der Waals surface area contributed by atoms with Gasteiger partial charge in [0.1, 0.15) is 5.75 Å². The van der Waals surface area contributed by atoms with E-state index in [0.717, 1.165) is 25.8 Å². The fourth-order valence-corrected chi connectivity index (χ4v) is 6.06. The van der Waals surface area contributed by atoms with Crippen molar-refractivity contribution >= 4 is 17.6 Å². The maximum Gasteiger partial charge on any atom is 0.573 e. The first-order valence-corrected chi connectivity index (χ1v) is 12.2. The smallest absolute Gasteiger partial charge is 0.406 e. The summed E-state index contributed by atoms with van der Waals surface area (Å²) >= 11 is 0. The zero-order valence-electron chi connectivity index (χ0n) is 19.8. The molecule has 0 radical (unpaired) electrons. The third-order valence-corrected chi connectivity index (χ3v) is 8.18. The Balaban J connectivity index is 1.23. The number of piperidine rings is 2. The lowest BCUT2D eigenvalue weighted by Gasteiger charge is -2.50. The predicted octanol–water partition coefficient (Wildman–Crippen LogP) is 5.26. The van der Waals surface area contributed by atoms with Crippen molar-refractivity contribution in [1.29, 1.82) is 0 Å². The van der Waals surface area contributed by atoms with Crippen LogP contribution in [0.2, 0.25) is 0 Å². The van der Waals surface area contributed by atoms with E-state index in [1.54, 1.807) is 4.90 Å². The Morgan fingerprint density at radius 3 is 2.40 bits per heavy atom. The first kappa shape index (κ1) is 23.8. The second-order valence-corrected chi connectivity index (χ2v) is 10.2. The van der Waals surface area contributed by atoms with Crippen LogP contribution in [-0.4, -0.2) is 59.8 Å². The maximum absolute atomic E-state index is 13.5. The molecule has 9 heteroatoms. The van der Waals surface area contributed by atoms with Gasteiger partial charge in [-0.1, -0.05) is 18.2 Å². The molecule has 3 aliphatic heterocycles. The molecule has 188 valence electrons. The van der Waals surface area contributed by atoms with Crippen molar-refractivity contribution in [2.75, 3.05) is 31.1 Å². The highest BCUT2D eigenvalue weighted by atomic mass is 19.4. The van der Waals surface area contributed by atoms with E-state index in [-0.39, 0.29) is 23.2 Å². The van der Waals surface area contributed by atoms with Crippen molar-refractivity contribution in [3.8, 4) is 5.75 Å². The third kappa shape index (κ3) is 4.29. The number of fused-ring (bicyclic) bond motifs is 1. The largest absolute Gasteiger partial charge is 0.573 e. The van der Waals surface area contributed by atoms with Crippen LogP contribution in [0.1, 0.15) is 45.4 Å². The molecule has 3 saturated heterocycles. The minimum atomic E-state index is -4.75. The van der Waals surface area contributed by atoms with Crippen LogP contribution >= 0.6 is 0 Å². The zero-order valence-corrected chi connectivity index (χ0v) is 19.8. The lowest BCUT2D eigenvalue weighted by molar-refractivity contribution is -0.274. The monoisotopic (exact) mass is 489 g/mol. The number of allylic oxidation sites excluding steroid dienone is 2. The summed E-state index contributed by atoms with van der Waals surface area (Å²) in [5, 5.41) is 0. The molecule has 1 aliphatic carbocycles. The van der Waals surface area contributed by atoms with Gasteiger partial charge in [0.15, 0.2) is 0 Å². The fraction of sp³-hybridized carbons (Fsp3) is 0.538. The third-order valence-electron chi connectivity index (χ3n) is 8.18. The molecule has 3 fully saturated rings. The van der Waals surface area contributed by atoms with Gasteiger partial charge in [-0.25, -0.2) is 4.79 Å². The number of carbonyl (C=O) groups excluding carboxylic acids is 2. The van der Waals surface area contributed by atoms with Crippen molar-refractivity contribution in [3.63, 3.8) is 0 Å². The highest BCUT2D eigenvalue weighted by molar-refractivity contribution is 6.00. The van der Waals surface area contributed by atoms with Gasteiger partial charge in [0.05, 0.1) is 11.0 Å². The molecule has 0 aromatic heterocycles.